The molecule has 22 heavy (non-hydrogen) atoms. The van der Waals surface area contributed by atoms with E-state index in [1.807, 2.05) is 0 Å². The summed E-state index contributed by atoms with van der Waals surface area (Å²) in [5.41, 5.74) is 0.198. The standard InChI is InChI=1S/C19H34O3/c1-6-7-8-9-10-11-12-13-16(4)14-18(17(5)20)19(21)22-15(2)3/h14-16H,6-13H2,1-5H3/b18-14-. The van der Waals surface area contributed by atoms with Gasteiger partial charge in [0.15, 0.2) is 5.78 Å². The van der Waals surface area contributed by atoms with Gasteiger partial charge in [-0.1, -0.05) is 64.9 Å². The fourth-order valence-electron chi connectivity index (χ4n) is 2.40. The van der Waals surface area contributed by atoms with Gasteiger partial charge in [-0.15, -0.1) is 0 Å². The van der Waals surface area contributed by atoms with Gasteiger partial charge in [0.2, 0.25) is 0 Å². The first kappa shape index (κ1) is 20.9. The molecule has 0 saturated carbocycles. The van der Waals surface area contributed by atoms with Crippen molar-refractivity contribution in [2.24, 2.45) is 5.92 Å². The maximum atomic E-state index is 11.9. The molecule has 0 aliphatic carbocycles. The SMILES string of the molecule is CCCCCCCCCC(C)/C=C(/C(C)=O)C(=O)OC(C)C. The summed E-state index contributed by atoms with van der Waals surface area (Å²) in [6.07, 6.45) is 11.5. The zero-order chi connectivity index (χ0) is 17.0. The summed E-state index contributed by atoms with van der Waals surface area (Å²) in [5.74, 6) is -0.472. The minimum atomic E-state index is -0.492. The Morgan fingerprint density at radius 2 is 1.50 bits per heavy atom. The lowest BCUT2D eigenvalue weighted by molar-refractivity contribution is -0.143. The van der Waals surface area contributed by atoms with Crippen molar-refractivity contribution in [1.29, 1.82) is 0 Å². The van der Waals surface area contributed by atoms with Crippen molar-refractivity contribution in [3.63, 3.8) is 0 Å². The number of rotatable bonds is 12. The monoisotopic (exact) mass is 310 g/mol. The molecule has 0 aromatic rings. The first-order valence-electron chi connectivity index (χ1n) is 8.82. The van der Waals surface area contributed by atoms with Crippen molar-refractivity contribution < 1.29 is 14.3 Å². The lowest BCUT2D eigenvalue weighted by Crippen LogP contribution is -2.18. The quantitative estimate of drug-likeness (QED) is 0.163. The van der Waals surface area contributed by atoms with E-state index >= 15 is 0 Å². The summed E-state index contributed by atoms with van der Waals surface area (Å²) >= 11 is 0. The smallest absolute Gasteiger partial charge is 0.341 e. The van der Waals surface area contributed by atoms with Gasteiger partial charge in [-0.05, 0) is 33.1 Å². The minimum absolute atomic E-state index is 0.198. The third-order valence-corrected chi connectivity index (χ3v) is 3.66. The van der Waals surface area contributed by atoms with Crippen LogP contribution < -0.4 is 0 Å². The Kier molecular flexibility index (Phi) is 11.8. The lowest BCUT2D eigenvalue weighted by atomic mass is 9.98. The summed E-state index contributed by atoms with van der Waals surface area (Å²) < 4.78 is 5.13. The number of hydrogen-bond acceptors (Lipinski definition) is 3. The van der Waals surface area contributed by atoms with E-state index in [1.165, 1.54) is 45.4 Å². The number of allylic oxidation sites excluding steroid dienone is 1. The van der Waals surface area contributed by atoms with Crippen molar-refractivity contribution in [2.45, 2.75) is 92.1 Å². The molecule has 0 amide bonds. The van der Waals surface area contributed by atoms with Crippen LogP contribution in [0.25, 0.3) is 0 Å². The summed E-state index contributed by atoms with van der Waals surface area (Å²) in [7, 11) is 0. The predicted octanol–water partition coefficient (Wildman–Crippen LogP) is 5.23. The normalized spacial score (nSPS) is 13.3. The molecule has 1 unspecified atom stereocenters. The van der Waals surface area contributed by atoms with Crippen LogP contribution in [0, 0.1) is 5.92 Å². The topological polar surface area (TPSA) is 43.4 Å². The number of carbonyl (C=O) groups excluding carboxylic acids is 2. The van der Waals surface area contributed by atoms with Crippen molar-refractivity contribution >= 4 is 11.8 Å². The second-order valence-corrected chi connectivity index (χ2v) is 6.48. The average Bonchev–Trinajstić information content (AvgIpc) is 2.42. The summed E-state index contributed by atoms with van der Waals surface area (Å²) in [6, 6.07) is 0. The number of hydrogen-bond donors (Lipinski definition) is 0. The zero-order valence-electron chi connectivity index (χ0n) is 15.1. The Morgan fingerprint density at radius 1 is 0.955 bits per heavy atom. The molecule has 0 aliphatic heterocycles. The number of unbranched alkanes of at least 4 members (excludes halogenated alkanes) is 6. The molecule has 0 aromatic carbocycles. The maximum Gasteiger partial charge on any atom is 0.341 e. The van der Waals surface area contributed by atoms with Crippen LogP contribution in [0.15, 0.2) is 11.6 Å². The first-order chi connectivity index (χ1) is 10.4. The molecule has 0 saturated heterocycles. The summed E-state index contributed by atoms with van der Waals surface area (Å²) in [5, 5.41) is 0. The molecule has 0 heterocycles. The molecule has 0 aliphatic rings. The summed E-state index contributed by atoms with van der Waals surface area (Å²) in [4.78, 5) is 23.5. The van der Waals surface area contributed by atoms with Gasteiger partial charge in [0.25, 0.3) is 0 Å². The van der Waals surface area contributed by atoms with Gasteiger partial charge >= 0.3 is 5.97 Å². The van der Waals surface area contributed by atoms with Crippen LogP contribution in [-0.2, 0) is 14.3 Å². The number of esters is 1. The van der Waals surface area contributed by atoms with Crippen molar-refractivity contribution in [1.82, 2.24) is 0 Å². The molecular weight excluding hydrogens is 276 g/mol. The van der Waals surface area contributed by atoms with Crippen LogP contribution in [-0.4, -0.2) is 17.9 Å². The summed E-state index contributed by atoms with van der Waals surface area (Å²) in [6.45, 7) is 9.29. The number of ketones is 1. The van der Waals surface area contributed by atoms with E-state index in [0.717, 1.165) is 12.8 Å². The Hall–Kier alpha value is -1.12. The molecule has 0 rings (SSSR count). The second-order valence-electron chi connectivity index (χ2n) is 6.48. The fraction of sp³-hybridized carbons (Fsp3) is 0.789. The highest BCUT2D eigenvalue weighted by Crippen LogP contribution is 2.16. The van der Waals surface area contributed by atoms with Crippen LogP contribution >= 0.6 is 0 Å². The highest BCUT2D eigenvalue weighted by Gasteiger charge is 2.18. The van der Waals surface area contributed by atoms with E-state index in [0.29, 0.717) is 0 Å². The Morgan fingerprint density at radius 3 is 2.00 bits per heavy atom. The van der Waals surface area contributed by atoms with E-state index in [1.54, 1.807) is 19.9 Å². The van der Waals surface area contributed by atoms with Gasteiger partial charge < -0.3 is 4.74 Å². The van der Waals surface area contributed by atoms with Crippen LogP contribution in [0.3, 0.4) is 0 Å². The molecule has 0 radical (unpaired) electrons. The number of carbonyl (C=O) groups is 2. The Bertz CT molecular complexity index is 356. The van der Waals surface area contributed by atoms with Crippen molar-refractivity contribution in [3.05, 3.63) is 11.6 Å². The third-order valence-electron chi connectivity index (χ3n) is 3.66. The largest absolute Gasteiger partial charge is 0.459 e. The highest BCUT2D eigenvalue weighted by molar-refractivity contribution is 6.16. The van der Waals surface area contributed by atoms with Gasteiger partial charge in [0.05, 0.1) is 11.7 Å². The predicted molar refractivity (Wildman–Crippen MR) is 91.8 cm³/mol. The van der Waals surface area contributed by atoms with Crippen LogP contribution in [0.4, 0.5) is 0 Å². The van der Waals surface area contributed by atoms with Gasteiger partial charge in [-0.25, -0.2) is 4.79 Å². The highest BCUT2D eigenvalue weighted by atomic mass is 16.5. The maximum absolute atomic E-state index is 11.9. The van der Waals surface area contributed by atoms with E-state index in [4.69, 9.17) is 4.74 Å². The number of Topliss-reactive ketones (excluding diaryl/α,β-unsaturated/α-hetero) is 1. The molecule has 0 aromatic heterocycles. The Balaban J connectivity index is 4.17. The van der Waals surface area contributed by atoms with E-state index in [-0.39, 0.29) is 23.4 Å². The molecule has 3 nitrogen and oxygen atoms in total. The molecule has 0 fully saturated rings. The second kappa shape index (κ2) is 12.4. The minimum Gasteiger partial charge on any atom is -0.459 e. The van der Waals surface area contributed by atoms with Crippen molar-refractivity contribution in [2.75, 3.05) is 0 Å². The van der Waals surface area contributed by atoms with Gasteiger partial charge in [0, 0.05) is 0 Å². The van der Waals surface area contributed by atoms with E-state index in [9.17, 15) is 9.59 Å². The molecule has 0 N–H and O–H groups in total. The van der Waals surface area contributed by atoms with E-state index < -0.39 is 5.97 Å². The van der Waals surface area contributed by atoms with Crippen LogP contribution in [0.5, 0.6) is 0 Å². The first-order valence-corrected chi connectivity index (χ1v) is 8.82. The fourth-order valence-corrected chi connectivity index (χ4v) is 2.40. The van der Waals surface area contributed by atoms with E-state index in [2.05, 4.69) is 13.8 Å². The zero-order valence-corrected chi connectivity index (χ0v) is 15.1. The van der Waals surface area contributed by atoms with Gasteiger partial charge in [-0.3, -0.25) is 4.79 Å². The van der Waals surface area contributed by atoms with Crippen LogP contribution in [0.2, 0.25) is 0 Å². The lowest BCUT2D eigenvalue weighted by Gasteiger charge is -2.11. The van der Waals surface area contributed by atoms with Crippen LogP contribution in [0.1, 0.15) is 86.0 Å². The third kappa shape index (κ3) is 10.6. The molecular formula is C19H34O3. The van der Waals surface area contributed by atoms with Gasteiger partial charge in [-0.2, -0.15) is 0 Å². The molecule has 3 heteroatoms. The van der Waals surface area contributed by atoms with Crippen molar-refractivity contribution in [3.8, 4) is 0 Å². The molecule has 0 spiro atoms. The average molecular weight is 310 g/mol. The molecule has 1 atom stereocenters. The molecule has 128 valence electrons. The number of ether oxygens (including phenoxy) is 1. The molecule has 0 bridgehead atoms. The van der Waals surface area contributed by atoms with Gasteiger partial charge in [0.1, 0.15) is 0 Å². The Labute approximate surface area is 136 Å².